The summed E-state index contributed by atoms with van der Waals surface area (Å²) < 4.78 is 6.90. The molecule has 29 heavy (non-hydrogen) atoms. The van der Waals surface area contributed by atoms with Crippen LogP contribution in [0.1, 0.15) is 67.5 Å². The third-order valence-electron chi connectivity index (χ3n) is 6.88. The molecule has 6 rings (SSSR count). The second kappa shape index (κ2) is 6.50. The number of carbonyl (C=O) groups excluding carboxylic acids is 2. The van der Waals surface area contributed by atoms with Crippen molar-refractivity contribution in [1.82, 2.24) is 24.9 Å². The van der Waals surface area contributed by atoms with Crippen molar-refractivity contribution in [2.75, 3.05) is 0 Å². The van der Waals surface area contributed by atoms with Crippen LogP contribution in [0.2, 0.25) is 0 Å². The first-order valence-electron chi connectivity index (χ1n) is 10.5. The van der Waals surface area contributed by atoms with Crippen LogP contribution in [0.15, 0.2) is 6.07 Å². The summed E-state index contributed by atoms with van der Waals surface area (Å²) in [6.45, 7) is 5.33. The number of fused-ring (bicyclic) bond motifs is 1. The fourth-order valence-corrected chi connectivity index (χ4v) is 6.15. The zero-order valence-electron chi connectivity index (χ0n) is 17.1. The number of aromatic nitrogens is 4. The Balaban J connectivity index is 1.26. The summed E-state index contributed by atoms with van der Waals surface area (Å²) in [6.07, 6.45) is 6.22. The topological polar surface area (TPSA) is 98.5 Å². The van der Waals surface area contributed by atoms with E-state index in [2.05, 4.69) is 20.4 Å². The summed E-state index contributed by atoms with van der Waals surface area (Å²) in [5, 5.41) is 7.43. The van der Waals surface area contributed by atoms with Gasteiger partial charge in [-0.3, -0.25) is 4.79 Å². The third-order valence-corrected chi connectivity index (χ3v) is 6.88. The Bertz CT molecular complexity index is 962. The van der Waals surface area contributed by atoms with E-state index in [-0.39, 0.29) is 17.3 Å². The number of nitrogens with zero attached hydrogens (tertiary/aromatic N) is 4. The van der Waals surface area contributed by atoms with Crippen LogP contribution in [-0.2, 0) is 9.53 Å². The monoisotopic (exact) mass is 397 g/mol. The van der Waals surface area contributed by atoms with Crippen molar-refractivity contribution in [3.63, 3.8) is 0 Å². The highest BCUT2D eigenvalue weighted by atomic mass is 16.5. The van der Waals surface area contributed by atoms with E-state index < -0.39 is 12.1 Å². The van der Waals surface area contributed by atoms with Crippen LogP contribution in [0, 0.1) is 31.6 Å². The molecule has 2 heterocycles. The lowest BCUT2D eigenvalue weighted by molar-refractivity contribution is -0.134. The van der Waals surface area contributed by atoms with Crippen molar-refractivity contribution < 1.29 is 14.3 Å². The molecule has 2 aromatic rings. The molecule has 8 nitrogen and oxygen atoms in total. The van der Waals surface area contributed by atoms with Gasteiger partial charge in [0.1, 0.15) is 0 Å². The molecular weight excluding hydrogens is 370 g/mol. The molecule has 154 valence electrons. The highest BCUT2D eigenvalue weighted by Gasteiger charge is 2.51. The quantitative estimate of drug-likeness (QED) is 0.796. The van der Waals surface area contributed by atoms with Crippen LogP contribution in [-0.4, -0.2) is 43.1 Å². The minimum absolute atomic E-state index is 0.0827. The first kappa shape index (κ1) is 18.5. The van der Waals surface area contributed by atoms with Crippen molar-refractivity contribution in [2.45, 2.75) is 70.9 Å². The van der Waals surface area contributed by atoms with E-state index in [0.29, 0.717) is 5.78 Å². The SMILES string of the molecule is Cc1cc(C)n2nc(C(=O)O[C@H](C)C(=O)NC34CC5CC(CC(C5)C3)C4)nc2n1. The molecule has 4 aliphatic carbocycles. The third kappa shape index (κ3) is 3.28. The zero-order chi connectivity index (χ0) is 20.3. The maximum absolute atomic E-state index is 12.8. The smallest absolute Gasteiger partial charge is 0.379 e. The van der Waals surface area contributed by atoms with Gasteiger partial charge in [0, 0.05) is 16.9 Å². The fourth-order valence-electron chi connectivity index (χ4n) is 6.15. The van der Waals surface area contributed by atoms with Gasteiger partial charge in [0.05, 0.1) is 0 Å². The van der Waals surface area contributed by atoms with E-state index in [4.69, 9.17) is 4.74 Å². The van der Waals surface area contributed by atoms with Gasteiger partial charge in [-0.2, -0.15) is 4.98 Å². The molecule has 4 fully saturated rings. The van der Waals surface area contributed by atoms with E-state index in [9.17, 15) is 9.59 Å². The second-order valence-corrected chi connectivity index (χ2v) is 9.42. The number of carbonyl (C=O) groups is 2. The Hall–Kier alpha value is -2.51. The van der Waals surface area contributed by atoms with Crippen LogP contribution in [0.3, 0.4) is 0 Å². The summed E-state index contributed by atoms with van der Waals surface area (Å²) >= 11 is 0. The number of esters is 1. The summed E-state index contributed by atoms with van der Waals surface area (Å²) in [7, 11) is 0. The predicted molar refractivity (Wildman–Crippen MR) is 104 cm³/mol. The molecule has 4 aliphatic rings. The van der Waals surface area contributed by atoms with E-state index in [1.807, 2.05) is 19.9 Å². The molecule has 0 spiro atoms. The van der Waals surface area contributed by atoms with E-state index in [0.717, 1.165) is 48.4 Å². The largest absolute Gasteiger partial charge is 0.447 e. The summed E-state index contributed by atoms with van der Waals surface area (Å²) in [5.74, 6) is 1.54. The number of hydrogen-bond acceptors (Lipinski definition) is 6. The fraction of sp³-hybridized carbons (Fsp3) is 0.667. The lowest BCUT2D eigenvalue weighted by atomic mass is 9.53. The zero-order valence-corrected chi connectivity index (χ0v) is 17.1. The van der Waals surface area contributed by atoms with Gasteiger partial charge in [0.25, 0.3) is 17.5 Å². The molecule has 8 heteroatoms. The Morgan fingerprint density at radius 3 is 2.38 bits per heavy atom. The Kier molecular flexibility index (Phi) is 4.15. The Morgan fingerprint density at radius 2 is 1.76 bits per heavy atom. The molecule has 0 radical (unpaired) electrons. The van der Waals surface area contributed by atoms with Gasteiger partial charge >= 0.3 is 5.97 Å². The summed E-state index contributed by atoms with van der Waals surface area (Å²) in [6, 6.07) is 1.86. The maximum atomic E-state index is 12.8. The van der Waals surface area contributed by atoms with Gasteiger partial charge < -0.3 is 10.1 Å². The second-order valence-electron chi connectivity index (χ2n) is 9.42. The van der Waals surface area contributed by atoms with Crippen molar-refractivity contribution >= 4 is 17.7 Å². The predicted octanol–water partition coefficient (Wildman–Crippen LogP) is 2.37. The summed E-state index contributed by atoms with van der Waals surface area (Å²) in [4.78, 5) is 33.8. The minimum atomic E-state index is -0.891. The first-order valence-corrected chi connectivity index (χ1v) is 10.5. The molecule has 1 amide bonds. The summed E-state index contributed by atoms with van der Waals surface area (Å²) in [5.41, 5.74) is 1.52. The van der Waals surface area contributed by atoms with E-state index in [1.54, 1.807) is 6.92 Å². The highest BCUT2D eigenvalue weighted by Crippen LogP contribution is 2.55. The van der Waals surface area contributed by atoms with Crippen molar-refractivity contribution in [3.8, 4) is 0 Å². The molecule has 0 aromatic carbocycles. The van der Waals surface area contributed by atoms with Crippen molar-refractivity contribution in [2.24, 2.45) is 17.8 Å². The molecule has 0 saturated heterocycles. The molecule has 1 N–H and O–H groups in total. The molecule has 0 aliphatic heterocycles. The number of amides is 1. The highest BCUT2D eigenvalue weighted by molar-refractivity contribution is 5.89. The van der Waals surface area contributed by atoms with Crippen molar-refractivity contribution in [1.29, 1.82) is 0 Å². The van der Waals surface area contributed by atoms with Gasteiger partial charge in [-0.05, 0) is 83.1 Å². The van der Waals surface area contributed by atoms with Gasteiger partial charge in [-0.1, -0.05) is 0 Å². The standard InChI is InChI=1S/C21H27N5O3/c1-11-4-12(2)26-20(22-11)23-17(25-26)19(28)29-13(3)18(27)24-21-8-14-5-15(9-21)7-16(6-14)10-21/h4,13-16H,5-10H2,1-3H3,(H,24,27)/t13-,14?,15?,16?,21?/m1/s1. The number of hydrogen-bond donors (Lipinski definition) is 1. The average Bonchev–Trinajstić information content (AvgIpc) is 3.04. The van der Waals surface area contributed by atoms with Crippen LogP contribution in [0.5, 0.6) is 0 Å². The van der Waals surface area contributed by atoms with Gasteiger partial charge in [-0.15, -0.1) is 5.10 Å². The molecule has 0 unspecified atom stereocenters. The maximum Gasteiger partial charge on any atom is 0.379 e. The lowest BCUT2D eigenvalue weighted by Crippen LogP contribution is -2.61. The average molecular weight is 397 g/mol. The van der Waals surface area contributed by atoms with Gasteiger partial charge in [0.2, 0.25) is 0 Å². The lowest BCUT2D eigenvalue weighted by Gasteiger charge is -2.57. The van der Waals surface area contributed by atoms with Crippen molar-refractivity contribution in [3.05, 3.63) is 23.3 Å². The Labute approximate surface area is 169 Å². The van der Waals surface area contributed by atoms with Gasteiger partial charge in [-0.25, -0.2) is 14.3 Å². The molecule has 2 aromatic heterocycles. The van der Waals surface area contributed by atoms with Crippen LogP contribution in [0.25, 0.3) is 5.78 Å². The normalized spacial score (nSPS) is 31.1. The van der Waals surface area contributed by atoms with E-state index >= 15 is 0 Å². The number of aryl methyl sites for hydroxylation is 2. The first-order chi connectivity index (χ1) is 13.8. The van der Waals surface area contributed by atoms with E-state index in [1.165, 1.54) is 23.8 Å². The molecular formula is C21H27N5O3. The number of rotatable bonds is 4. The van der Waals surface area contributed by atoms with Crippen LogP contribution >= 0.6 is 0 Å². The molecule has 4 saturated carbocycles. The Morgan fingerprint density at radius 1 is 1.14 bits per heavy atom. The van der Waals surface area contributed by atoms with Crippen LogP contribution < -0.4 is 5.32 Å². The number of ether oxygens (including phenoxy) is 1. The number of nitrogens with one attached hydrogen (secondary N) is 1. The molecule has 4 bridgehead atoms. The molecule has 1 atom stereocenters. The van der Waals surface area contributed by atoms with Gasteiger partial charge in [0.15, 0.2) is 6.10 Å². The minimum Gasteiger partial charge on any atom is -0.447 e. The van der Waals surface area contributed by atoms with Crippen LogP contribution in [0.4, 0.5) is 0 Å².